The SMILES string of the molecule is COC(=O)/C(C#N)=C/c1cn(CC(=O)Nc2cccnc2)c2ccccc12. The van der Waals surface area contributed by atoms with Gasteiger partial charge in [0.05, 0.1) is 19.0 Å². The van der Waals surface area contributed by atoms with E-state index in [1.807, 2.05) is 30.3 Å². The van der Waals surface area contributed by atoms with Gasteiger partial charge in [-0.15, -0.1) is 0 Å². The van der Waals surface area contributed by atoms with Crippen LogP contribution in [-0.2, 0) is 20.9 Å². The van der Waals surface area contributed by atoms with Crippen LogP contribution in [0.2, 0.25) is 0 Å². The average molecular weight is 360 g/mol. The molecule has 0 aliphatic heterocycles. The van der Waals surface area contributed by atoms with Gasteiger partial charge in [-0.3, -0.25) is 9.78 Å². The van der Waals surface area contributed by atoms with Crippen molar-refractivity contribution in [2.75, 3.05) is 12.4 Å². The first kappa shape index (κ1) is 17.9. The lowest BCUT2D eigenvalue weighted by Gasteiger charge is -2.06. The summed E-state index contributed by atoms with van der Waals surface area (Å²) in [6, 6.07) is 12.8. The third-order valence-corrected chi connectivity index (χ3v) is 3.90. The lowest BCUT2D eigenvalue weighted by atomic mass is 10.1. The Morgan fingerprint density at radius 1 is 1.30 bits per heavy atom. The Balaban J connectivity index is 1.93. The van der Waals surface area contributed by atoms with Crippen molar-refractivity contribution in [3.63, 3.8) is 0 Å². The van der Waals surface area contributed by atoms with Crippen LogP contribution in [0.15, 0.2) is 60.6 Å². The van der Waals surface area contributed by atoms with Gasteiger partial charge in [0.15, 0.2) is 0 Å². The predicted octanol–water partition coefficient (Wildman–Crippen LogP) is 2.75. The Morgan fingerprint density at radius 3 is 2.81 bits per heavy atom. The van der Waals surface area contributed by atoms with Gasteiger partial charge in [0, 0.05) is 28.9 Å². The molecule has 0 atom stereocenters. The Bertz CT molecular complexity index is 1060. The van der Waals surface area contributed by atoms with Gasteiger partial charge < -0.3 is 14.6 Å². The number of pyridine rings is 1. The molecule has 3 rings (SSSR count). The largest absolute Gasteiger partial charge is 0.465 e. The third kappa shape index (κ3) is 4.02. The number of fused-ring (bicyclic) bond motifs is 1. The van der Waals surface area contributed by atoms with Gasteiger partial charge in [-0.2, -0.15) is 5.26 Å². The molecule has 0 aliphatic rings. The smallest absolute Gasteiger partial charge is 0.348 e. The number of hydrogen-bond donors (Lipinski definition) is 1. The summed E-state index contributed by atoms with van der Waals surface area (Å²) >= 11 is 0. The van der Waals surface area contributed by atoms with Gasteiger partial charge in [-0.05, 0) is 24.3 Å². The number of esters is 1. The van der Waals surface area contributed by atoms with E-state index < -0.39 is 5.97 Å². The van der Waals surface area contributed by atoms with Gasteiger partial charge >= 0.3 is 5.97 Å². The van der Waals surface area contributed by atoms with E-state index in [0.29, 0.717) is 11.3 Å². The second-order valence-corrected chi connectivity index (χ2v) is 5.68. The number of nitriles is 1. The summed E-state index contributed by atoms with van der Waals surface area (Å²) in [5.41, 5.74) is 1.96. The molecule has 2 aromatic heterocycles. The van der Waals surface area contributed by atoms with E-state index in [2.05, 4.69) is 15.0 Å². The summed E-state index contributed by atoms with van der Waals surface area (Å²) in [5.74, 6) is -0.920. The number of hydrogen-bond acceptors (Lipinski definition) is 5. The van der Waals surface area contributed by atoms with E-state index in [1.165, 1.54) is 13.2 Å². The van der Waals surface area contributed by atoms with Crippen molar-refractivity contribution < 1.29 is 14.3 Å². The lowest BCUT2D eigenvalue weighted by molar-refractivity contribution is -0.135. The molecule has 0 saturated heterocycles. The number of carbonyl (C=O) groups excluding carboxylic acids is 2. The number of carbonyl (C=O) groups is 2. The molecule has 3 aromatic rings. The average Bonchev–Trinajstić information content (AvgIpc) is 3.03. The number of nitrogens with one attached hydrogen (secondary N) is 1. The third-order valence-electron chi connectivity index (χ3n) is 3.90. The minimum Gasteiger partial charge on any atom is -0.465 e. The molecule has 27 heavy (non-hydrogen) atoms. The summed E-state index contributed by atoms with van der Waals surface area (Å²) in [7, 11) is 1.22. The standard InChI is InChI=1S/C20H16N4O3/c1-27-20(26)14(10-21)9-15-12-24(18-7-3-2-6-17(15)18)13-19(25)23-16-5-4-8-22-11-16/h2-9,11-12H,13H2,1H3,(H,23,25)/b14-9+. The van der Waals surface area contributed by atoms with Crippen LogP contribution in [-0.4, -0.2) is 28.5 Å². The summed E-state index contributed by atoms with van der Waals surface area (Å²) in [5, 5.41) is 12.8. The van der Waals surface area contributed by atoms with Crippen LogP contribution in [0.25, 0.3) is 17.0 Å². The van der Waals surface area contributed by atoms with Crippen LogP contribution in [0, 0.1) is 11.3 Å². The van der Waals surface area contributed by atoms with Gasteiger partial charge in [-0.25, -0.2) is 4.79 Å². The van der Waals surface area contributed by atoms with Crippen molar-refractivity contribution in [1.82, 2.24) is 9.55 Å². The quantitative estimate of drug-likeness (QED) is 0.429. The van der Waals surface area contributed by atoms with Crippen molar-refractivity contribution in [3.05, 3.63) is 66.1 Å². The molecule has 0 aliphatic carbocycles. The maximum atomic E-state index is 12.4. The summed E-state index contributed by atoms with van der Waals surface area (Å²) < 4.78 is 6.38. The van der Waals surface area contributed by atoms with E-state index in [1.54, 1.807) is 35.3 Å². The number of nitrogens with zero attached hydrogens (tertiary/aromatic N) is 3. The number of methoxy groups -OCH3 is 1. The molecule has 0 radical (unpaired) electrons. The second-order valence-electron chi connectivity index (χ2n) is 5.68. The van der Waals surface area contributed by atoms with E-state index in [4.69, 9.17) is 0 Å². The van der Waals surface area contributed by atoms with Gasteiger partial charge in [0.1, 0.15) is 18.2 Å². The molecule has 0 bridgehead atoms. The van der Waals surface area contributed by atoms with Gasteiger partial charge in [0.2, 0.25) is 5.91 Å². The molecular weight excluding hydrogens is 344 g/mol. The molecule has 0 spiro atoms. The number of amides is 1. The van der Waals surface area contributed by atoms with Crippen LogP contribution in [0.4, 0.5) is 5.69 Å². The van der Waals surface area contributed by atoms with Crippen molar-refractivity contribution in [2.45, 2.75) is 6.54 Å². The number of ether oxygens (including phenoxy) is 1. The molecule has 0 fully saturated rings. The zero-order valence-corrected chi connectivity index (χ0v) is 14.5. The molecule has 1 N–H and O–H groups in total. The zero-order valence-electron chi connectivity index (χ0n) is 14.5. The predicted molar refractivity (Wildman–Crippen MR) is 100 cm³/mol. The maximum Gasteiger partial charge on any atom is 0.348 e. The maximum absolute atomic E-state index is 12.4. The highest BCUT2D eigenvalue weighted by Crippen LogP contribution is 2.24. The van der Waals surface area contributed by atoms with Gasteiger partial charge in [-0.1, -0.05) is 18.2 Å². The summed E-state index contributed by atoms with van der Waals surface area (Å²) in [4.78, 5) is 28.0. The first-order chi connectivity index (χ1) is 13.1. The van der Waals surface area contributed by atoms with Crippen LogP contribution in [0.1, 0.15) is 5.56 Å². The van der Waals surface area contributed by atoms with E-state index in [0.717, 1.165) is 10.9 Å². The van der Waals surface area contributed by atoms with E-state index in [-0.39, 0.29) is 18.0 Å². The first-order valence-corrected chi connectivity index (χ1v) is 8.10. The minimum atomic E-state index is -0.705. The summed E-state index contributed by atoms with van der Waals surface area (Å²) in [6.07, 6.45) is 6.38. The fraction of sp³-hybridized carbons (Fsp3) is 0.100. The van der Waals surface area contributed by atoms with Gasteiger partial charge in [0.25, 0.3) is 0 Å². The lowest BCUT2D eigenvalue weighted by Crippen LogP contribution is -2.18. The minimum absolute atomic E-state index is 0.0728. The monoisotopic (exact) mass is 360 g/mol. The molecule has 0 saturated carbocycles. The van der Waals surface area contributed by atoms with Crippen molar-refractivity contribution >= 4 is 34.5 Å². The van der Waals surface area contributed by atoms with Crippen LogP contribution < -0.4 is 5.32 Å². The second kappa shape index (κ2) is 7.97. The van der Waals surface area contributed by atoms with Crippen molar-refractivity contribution in [1.29, 1.82) is 5.26 Å². The summed E-state index contributed by atoms with van der Waals surface area (Å²) in [6.45, 7) is 0.0728. The number of benzene rings is 1. The van der Waals surface area contributed by atoms with Crippen molar-refractivity contribution in [2.24, 2.45) is 0 Å². The van der Waals surface area contributed by atoms with Crippen LogP contribution in [0.5, 0.6) is 0 Å². The molecule has 7 heteroatoms. The fourth-order valence-corrected chi connectivity index (χ4v) is 2.72. The number of para-hydroxylation sites is 1. The molecule has 2 heterocycles. The molecular formula is C20H16N4O3. The Labute approximate surface area is 155 Å². The highest BCUT2D eigenvalue weighted by Gasteiger charge is 2.14. The normalized spacial score (nSPS) is 11.0. The molecule has 7 nitrogen and oxygen atoms in total. The van der Waals surface area contributed by atoms with E-state index >= 15 is 0 Å². The highest BCUT2D eigenvalue weighted by molar-refractivity contribution is 6.01. The highest BCUT2D eigenvalue weighted by atomic mass is 16.5. The molecule has 0 unspecified atom stereocenters. The molecule has 134 valence electrons. The van der Waals surface area contributed by atoms with Crippen molar-refractivity contribution in [3.8, 4) is 6.07 Å². The molecule has 1 amide bonds. The van der Waals surface area contributed by atoms with Crippen LogP contribution in [0.3, 0.4) is 0 Å². The Morgan fingerprint density at radius 2 is 2.11 bits per heavy atom. The van der Waals surface area contributed by atoms with E-state index in [9.17, 15) is 14.9 Å². The topological polar surface area (TPSA) is 97.0 Å². The Hall–Kier alpha value is -3.92. The number of aromatic nitrogens is 2. The number of anilines is 1. The zero-order chi connectivity index (χ0) is 19.2. The fourth-order valence-electron chi connectivity index (χ4n) is 2.72. The van der Waals surface area contributed by atoms with Crippen LogP contribution >= 0.6 is 0 Å². The Kier molecular flexibility index (Phi) is 5.28. The number of rotatable bonds is 5. The molecule has 1 aromatic carbocycles. The first-order valence-electron chi connectivity index (χ1n) is 8.10.